The lowest BCUT2D eigenvalue weighted by molar-refractivity contribution is -0.129. The van der Waals surface area contributed by atoms with E-state index in [9.17, 15) is 9.59 Å². The van der Waals surface area contributed by atoms with Gasteiger partial charge in [0.15, 0.2) is 0 Å². The lowest BCUT2D eigenvalue weighted by atomic mass is 10.1. The van der Waals surface area contributed by atoms with E-state index in [1.54, 1.807) is 6.92 Å². The molecule has 0 saturated heterocycles. The molecule has 0 saturated carbocycles. The number of carbonyl (C=O) groups excluding carboxylic acids is 2. The average Bonchev–Trinajstić information content (AvgIpc) is 2.48. The molecule has 1 aromatic rings. The Balaban J connectivity index is 2.33. The number of hydrogen-bond acceptors (Lipinski definition) is 2. The Morgan fingerprint density at radius 2 is 1.86 bits per heavy atom. The van der Waals surface area contributed by atoms with Gasteiger partial charge in [-0.3, -0.25) is 9.59 Å². The zero-order chi connectivity index (χ0) is 16.4. The van der Waals surface area contributed by atoms with Crippen molar-refractivity contribution in [2.24, 2.45) is 0 Å². The Hall–Kier alpha value is -1.84. The summed E-state index contributed by atoms with van der Waals surface area (Å²) in [6.45, 7) is 7.60. The van der Waals surface area contributed by atoms with Crippen molar-refractivity contribution in [1.82, 2.24) is 10.2 Å². The van der Waals surface area contributed by atoms with Crippen molar-refractivity contribution in [1.29, 1.82) is 0 Å². The molecule has 122 valence electrons. The molecule has 2 amide bonds. The second-order valence-corrected chi connectivity index (χ2v) is 5.67. The van der Waals surface area contributed by atoms with Gasteiger partial charge in [-0.25, -0.2) is 0 Å². The summed E-state index contributed by atoms with van der Waals surface area (Å²) in [6.07, 6.45) is 3.68. The number of unbranched alkanes of at least 4 members (excludes halogenated alkanes) is 2. The van der Waals surface area contributed by atoms with Crippen LogP contribution in [-0.4, -0.2) is 36.3 Å². The van der Waals surface area contributed by atoms with Gasteiger partial charge >= 0.3 is 0 Å². The molecule has 0 atom stereocenters. The van der Waals surface area contributed by atoms with Crippen molar-refractivity contribution in [2.45, 2.75) is 46.5 Å². The minimum atomic E-state index is 0.00589. The Bertz CT molecular complexity index is 486. The van der Waals surface area contributed by atoms with Gasteiger partial charge in [-0.2, -0.15) is 0 Å². The summed E-state index contributed by atoms with van der Waals surface area (Å²) in [5.74, 6) is 0.0793. The smallest absolute Gasteiger partial charge is 0.224 e. The van der Waals surface area contributed by atoms with E-state index in [1.165, 1.54) is 0 Å². The number of rotatable bonds is 9. The largest absolute Gasteiger partial charge is 0.354 e. The molecule has 1 N–H and O–H groups in total. The average molecular weight is 304 g/mol. The highest BCUT2D eigenvalue weighted by Gasteiger charge is 2.09. The lowest BCUT2D eigenvalue weighted by Gasteiger charge is -2.21. The first-order valence-electron chi connectivity index (χ1n) is 8.11. The number of benzene rings is 1. The SMILES string of the molecule is CCCCCN(CCNC(=O)Cc1ccccc1C)C(C)=O. The predicted molar refractivity (Wildman–Crippen MR) is 89.7 cm³/mol. The van der Waals surface area contributed by atoms with Crippen LogP contribution in [0.3, 0.4) is 0 Å². The van der Waals surface area contributed by atoms with Crippen LogP contribution in [0, 0.1) is 6.92 Å². The summed E-state index contributed by atoms with van der Waals surface area (Å²) < 4.78 is 0. The van der Waals surface area contributed by atoms with Gasteiger partial charge in [-0.15, -0.1) is 0 Å². The predicted octanol–water partition coefficient (Wildman–Crippen LogP) is 2.69. The molecule has 1 aromatic carbocycles. The van der Waals surface area contributed by atoms with Gasteiger partial charge in [0.05, 0.1) is 6.42 Å². The molecule has 0 aliphatic rings. The molecule has 1 rings (SSSR count). The van der Waals surface area contributed by atoms with E-state index in [1.807, 2.05) is 36.1 Å². The molecule has 0 aromatic heterocycles. The third kappa shape index (κ3) is 6.74. The van der Waals surface area contributed by atoms with Gasteiger partial charge in [-0.1, -0.05) is 44.0 Å². The first-order chi connectivity index (χ1) is 10.5. The molecular weight excluding hydrogens is 276 g/mol. The molecule has 0 spiro atoms. The molecule has 0 aliphatic carbocycles. The second-order valence-electron chi connectivity index (χ2n) is 5.67. The van der Waals surface area contributed by atoms with E-state index in [0.29, 0.717) is 19.5 Å². The van der Waals surface area contributed by atoms with E-state index in [2.05, 4.69) is 12.2 Å². The van der Waals surface area contributed by atoms with Crippen LogP contribution in [0.1, 0.15) is 44.2 Å². The molecule has 0 fully saturated rings. The monoisotopic (exact) mass is 304 g/mol. The van der Waals surface area contributed by atoms with Crippen LogP contribution in [-0.2, 0) is 16.0 Å². The van der Waals surface area contributed by atoms with Gasteiger partial charge in [0.2, 0.25) is 11.8 Å². The van der Waals surface area contributed by atoms with Crippen LogP contribution in [0.2, 0.25) is 0 Å². The number of amides is 2. The topological polar surface area (TPSA) is 49.4 Å². The maximum Gasteiger partial charge on any atom is 0.224 e. The number of aryl methyl sites for hydroxylation is 1. The highest BCUT2D eigenvalue weighted by molar-refractivity contribution is 5.79. The van der Waals surface area contributed by atoms with Crippen LogP contribution in [0.5, 0.6) is 0 Å². The molecular formula is C18H28N2O2. The van der Waals surface area contributed by atoms with Gasteiger partial charge in [0.1, 0.15) is 0 Å². The maximum absolute atomic E-state index is 12.0. The third-order valence-corrected chi connectivity index (χ3v) is 3.79. The van der Waals surface area contributed by atoms with E-state index >= 15 is 0 Å². The van der Waals surface area contributed by atoms with Crippen molar-refractivity contribution in [3.05, 3.63) is 35.4 Å². The van der Waals surface area contributed by atoms with Crippen LogP contribution in [0.25, 0.3) is 0 Å². The van der Waals surface area contributed by atoms with Crippen LogP contribution in [0.4, 0.5) is 0 Å². The molecule has 0 aliphatic heterocycles. The number of hydrogen-bond donors (Lipinski definition) is 1. The molecule has 22 heavy (non-hydrogen) atoms. The molecule has 0 heterocycles. The summed E-state index contributed by atoms with van der Waals surface area (Å²) in [5.41, 5.74) is 2.17. The van der Waals surface area contributed by atoms with E-state index in [4.69, 9.17) is 0 Å². The summed E-state index contributed by atoms with van der Waals surface area (Å²) in [5, 5.41) is 2.90. The van der Waals surface area contributed by atoms with Crippen LogP contribution < -0.4 is 5.32 Å². The fraction of sp³-hybridized carbons (Fsp3) is 0.556. The minimum absolute atomic E-state index is 0.00589. The van der Waals surface area contributed by atoms with Crippen molar-refractivity contribution in [3.8, 4) is 0 Å². The molecule has 4 heteroatoms. The van der Waals surface area contributed by atoms with Gasteiger partial charge in [-0.05, 0) is 24.5 Å². The fourth-order valence-corrected chi connectivity index (χ4v) is 2.35. The Morgan fingerprint density at radius 3 is 2.50 bits per heavy atom. The van der Waals surface area contributed by atoms with Crippen molar-refractivity contribution in [3.63, 3.8) is 0 Å². The highest BCUT2D eigenvalue weighted by Crippen LogP contribution is 2.07. The zero-order valence-corrected chi connectivity index (χ0v) is 14.0. The summed E-state index contributed by atoms with van der Waals surface area (Å²) in [7, 11) is 0. The number of carbonyl (C=O) groups is 2. The Kier molecular flexibility index (Phi) is 8.26. The third-order valence-electron chi connectivity index (χ3n) is 3.79. The maximum atomic E-state index is 12.0. The molecule has 0 radical (unpaired) electrons. The molecule has 4 nitrogen and oxygen atoms in total. The van der Waals surface area contributed by atoms with Gasteiger partial charge < -0.3 is 10.2 Å². The van der Waals surface area contributed by atoms with Crippen molar-refractivity contribution in [2.75, 3.05) is 19.6 Å². The van der Waals surface area contributed by atoms with Gasteiger partial charge in [0.25, 0.3) is 0 Å². The van der Waals surface area contributed by atoms with E-state index < -0.39 is 0 Å². The second kappa shape index (κ2) is 9.98. The summed E-state index contributed by atoms with van der Waals surface area (Å²) >= 11 is 0. The standard InChI is InChI=1S/C18H28N2O2/c1-4-5-8-12-20(16(3)21)13-11-19-18(22)14-17-10-7-6-9-15(17)2/h6-7,9-10H,4-5,8,11-14H2,1-3H3,(H,19,22). The van der Waals surface area contributed by atoms with Crippen LogP contribution in [0.15, 0.2) is 24.3 Å². The zero-order valence-electron chi connectivity index (χ0n) is 14.0. The fourth-order valence-electron chi connectivity index (χ4n) is 2.35. The molecule has 0 bridgehead atoms. The summed E-state index contributed by atoms with van der Waals surface area (Å²) in [4.78, 5) is 25.3. The Morgan fingerprint density at radius 1 is 1.14 bits per heavy atom. The Labute approximate surface area is 133 Å². The van der Waals surface area contributed by atoms with Crippen LogP contribution >= 0.6 is 0 Å². The quantitative estimate of drug-likeness (QED) is 0.713. The highest BCUT2D eigenvalue weighted by atomic mass is 16.2. The van der Waals surface area contributed by atoms with E-state index in [-0.39, 0.29) is 11.8 Å². The van der Waals surface area contributed by atoms with E-state index in [0.717, 1.165) is 36.9 Å². The first-order valence-corrected chi connectivity index (χ1v) is 8.11. The van der Waals surface area contributed by atoms with Crippen molar-refractivity contribution >= 4 is 11.8 Å². The molecule has 0 unspecified atom stereocenters. The lowest BCUT2D eigenvalue weighted by Crippen LogP contribution is -2.38. The summed E-state index contributed by atoms with van der Waals surface area (Å²) in [6, 6.07) is 7.90. The van der Waals surface area contributed by atoms with Crippen molar-refractivity contribution < 1.29 is 9.59 Å². The first kappa shape index (κ1) is 18.2. The number of nitrogens with zero attached hydrogens (tertiary/aromatic N) is 1. The van der Waals surface area contributed by atoms with Gasteiger partial charge in [0, 0.05) is 26.6 Å². The minimum Gasteiger partial charge on any atom is -0.354 e. The normalized spacial score (nSPS) is 10.3. The number of nitrogens with one attached hydrogen (secondary N) is 1.